The Labute approximate surface area is 69.4 Å². The summed E-state index contributed by atoms with van der Waals surface area (Å²) in [4.78, 5) is 0. The van der Waals surface area contributed by atoms with Crippen molar-refractivity contribution >= 4 is 0 Å². The molecule has 0 aliphatic heterocycles. The lowest BCUT2D eigenvalue weighted by Crippen LogP contribution is -2.46. The lowest BCUT2D eigenvalue weighted by Gasteiger charge is -2.40. The predicted molar refractivity (Wildman–Crippen MR) is 47.2 cm³/mol. The summed E-state index contributed by atoms with van der Waals surface area (Å²) in [6.07, 6.45) is 4.15. The van der Waals surface area contributed by atoms with Crippen molar-refractivity contribution in [1.82, 2.24) is 0 Å². The molecule has 0 spiro atoms. The number of hydrogen-bond donors (Lipinski definition) is 1. The van der Waals surface area contributed by atoms with Crippen molar-refractivity contribution in [3.63, 3.8) is 0 Å². The molecule has 0 saturated heterocycles. The molecule has 2 aliphatic rings. The molecule has 0 unspecified atom stereocenters. The fourth-order valence-electron chi connectivity index (χ4n) is 3.34. The van der Waals surface area contributed by atoms with Crippen LogP contribution in [0.25, 0.3) is 0 Å². The molecule has 0 radical (unpaired) electrons. The van der Waals surface area contributed by atoms with Crippen LogP contribution in [0.2, 0.25) is 0 Å². The maximum Gasteiger partial charge on any atom is 0.0147 e. The Morgan fingerprint density at radius 2 is 1.91 bits per heavy atom. The summed E-state index contributed by atoms with van der Waals surface area (Å²) in [5.41, 5.74) is 7.12. The molecule has 2 aliphatic carbocycles. The summed E-state index contributed by atoms with van der Waals surface area (Å²) < 4.78 is 0. The van der Waals surface area contributed by atoms with Crippen molar-refractivity contribution in [3.05, 3.63) is 0 Å². The zero-order chi connectivity index (χ0) is 8.28. The molecular formula is C10H19N. The summed E-state index contributed by atoms with van der Waals surface area (Å²) in [5.74, 6) is 0.905. The van der Waals surface area contributed by atoms with E-state index in [1.165, 1.54) is 19.3 Å². The van der Waals surface area contributed by atoms with E-state index >= 15 is 0 Å². The summed E-state index contributed by atoms with van der Waals surface area (Å²) in [7, 11) is 0. The zero-order valence-electron chi connectivity index (χ0n) is 7.85. The van der Waals surface area contributed by atoms with Gasteiger partial charge in [0.25, 0.3) is 0 Å². The standard InChI is InChI=1S/C10H19N/c1-9(2)7-4-5-10(3,6-7)8(9)11/h7-8H,4-6,11H2,1-3H3/t7-,8+,10-/m1/s1. The maximum atomic E-state index is 6.23. The Kier molecular flexibility index (Phi) is 1.26. The van der Waals surface area contributed by atoms with E-state index in [1.54, 1.807) is 0 Å². The van der Waals surface area contributed by atoms with E-state index in [9.17, 15) is 0 Å². The normalized spacial score (nSPS) is 53.5. The van der Waals surface area contributed by atoms with Crippen molar-refractivity contribution in [2.45, 2.75) is 46.1 Å². The van der Waals surface area contributed by atoms with Crippen molar-refractivity contribution in [3.8, 4) is 0 Å². The van der Waals surface area contributed by atoms with Crippen LogP contribution in [-0.4, -0.2) is 6.04 Å². The minimum absolute atomic E-state index is 0.410. The average Bonchev–Trinajstić information content (AvgIpc) is 2.36. The third-order valence-electron chi connectivity index (χ3n) is 4.38. The van der Waals surface area contributed by atoms with Gasteiger partial charge < -0.3 is 5.73 Å². The molecule has 1 heteroatoms. The maximum absolute atomic E-state index is 6.23. The van der Waals surface area contributed by atoms with E-state index in [-0.39, 0.29) is 0 Å². The van der Waals surface area contributed by atoms with Crippen LogP contribution < -0.4 is 5.73 Å². The predicted octanol–water partition coefficient (Wildman–Crippen LogP) is 2.16. The van der Waals surface area contributed by atoms with Gasteiger partial charge >= 0.3 is 0 Å². The van der Waals surface area contributed by atoms with Gasteiger partial charge in [0, 0.05) is 6.04 Å². The summed E-state index contributed by atoms with van der Waals surface area (Å²) in [6.45, 7) is 7.05. The highest BCUT2D eigenvalue weighted by Gasteiger charge is 2.57. The molecule has 0 aromatic rings. The Bertz CT molecular complexity index is 181. The second-order valence-electron chi connectivity index (χ2n) is 5.39. The first-order valence-corrected chi connectivity index (χ1v) is 4.72. The van der Waals surface area contributed by atoms with E-state index < -0.39 is 0 Å². The van der Waals surface area contributed by atoms with Crippen LogP contribution in [0.5, 0.6) is 0 Å². The quantitative estimate of drug-likeness (QED) is 0.567. The first kappa shape index (κ1) is 7.60. The fourth-order valence-corrected chi connectivity index (χ4v) is 3.34. The summed E-state index contributed by atoms with van der Waals surface area (Å²) in [5, 5.41) is 0. The molecule has 1 nitrogen and oxygen atoms in total. The second kappa shape index (κ2) is 1.82. The highest BCUT2D eigenvalue weighted by molar-refractivity contribution is 5.10. The van der Waals surface area contributed by atoms with Crippen LogP contribution in [-0.2, 0) is 0 Å². The third kappa shape index (κ3) is 0.752. The van der Waals surface area contributed by atoms with Crippen molar-refractivity contribution in [1.29, 1.82) is 0 Å². The van der Waals surface area contributed by atoms with Crippen LogP contribution in [0, 0.1) is 16.7 Å². The SMILES string of the molecule is CC1(C)[C@@H]2CC[C@](C)(C2)[C@H]1N. The molecule has 3 atom stereocenters. The van der Waals surface area contributed by atoms with Crippen LogP contribution in [0.4, 0.5) is 0 Å². The van der Waals surface area contributed by atoms with Gasteiger partial charge in [-0.05, 0) is 36.0 Å². The van der Waals surface area contributed by atoms with Gasteiger partial charge in [0.15, 0.2) is 0 Å². The van der Waals surface area contributed by atoms with Crippen molar-refractivity contribution in [2.24, 2.45) is 22.5 Å². The molecule has 11 heavy (non-hydrogen) atoms. The first-order valence-electron chi connectivity index (χ1n) is 4.72. The lowest BCUT2D eigenvalue weighted by molar-refractivity contribution is 0.141. The van der Waals surface area contributed by atoms with E-state index in [2.05, 4.69) is 20.8 Å². The van der Waals surface area contributed by atoms with E-state index in [4.69, 9.17) is 5.73 Å². The Morgan fingerprint density at radius 3 is 2.18 bits per heavy atom. The summed E-state index contributed by atoms with van der Waals surface area (Å²) >= 11 is 0. The fraction of sp³-hybridized carbons (Fsp3) is 1.00. The highest BCUT2D eigenvalue weighted by Crippen LogP contribution is 2.61. The largest absolute Gasteiger partial charge is 0.327 e. The molecule has 2 rings (SSSR count). The molecule has 0 aromatic carbocycles. The van der Waals surface area contributed by atoms with Gasteiger partial charge in [-0.1, -0.05) is 20.8 Å². The van der Waals surface area contributed by atoms with E-state index in [0.29, 0.717) is 16.9 Å². The van der Waals surface area contributed by atoms with Crippen LogP contribution in [0.1, 0.15) is 40.0 Å². The van der Waals surface area contributed by atoms with Gasteiger partial charge in [0.2, 0.25) is 0 Å². The number of fused-ring (bicyclic) bond motifs is 2. The van der Waals surface area contributed by atoms with E-state index in [1.807, 2.05) is 0 Å². The van der Waals surface area contributed by atoms with Crippen molar-refractivity contribution in [2.75, 3.05) is 0 Å². The first-order chi connectivity index (χ1) is 4.97. The van der Waals surface area contributed by atoms with Crippen molar-refractivity contribution < 1.29 is 0 Å². The van der Waals surface area contributed by atoms with E-state index in [0.717, 1.165) is 5.92 Å². The topological polar surface area (TPSA) is 26.0 Å². The molecule has 0 aromatic heterocycles. The number of rotatable bonds is 0. The van der Waals surface area contributed by atoms with Gasteiger partial charge in [0.1, 0.15) is 0 Å². The summed E-state index contributed by atoms with van der Waals surface area (Å²) in [6, 6.07) is 0.439. The molecule has 2 bridgehead atoms. The number of hydrogen-bond acceptors (Lipinski definition) is 1. The second-order valence-corrected chi connectivity index (χ2v) is 5.39. The Morgan fingerprint density at radius 1 is 1.27 bits per heavy atom. The lowest BCUT2D eigenvalue weighted by atomic mass is 9.69. The Balaban J connectivity index is 2.34. The molecule has 2 N–H and O–H groups in total. The van der Waals surface area contributed by atoms with Gasteiger partial charge in [-0.15, -0.1) is 0 Å². The van der Waals surface area contributed by atoms with Gasteiger partial charge in [-0.25, -0.2) is 0 Å². The minimum Gasteiger partial charge on any atom is -0.327 e. The molecule has 2 saturated carbocycles. The van der Waals surface area contributed by atoms with Crippen LogP contribution in [0.15, 0.2) is 0 Å². The molecule has 2 fully saturated rings. The molecule has 0 amide bonds. The molecule has 0 heterocycles. The Hall–Kier alpha value is -0.0400. The number of nitrogens with two attached hydrogens (primary N) is 1. The zero-order valence-corrected chi connectivity index (χ0v) is 7.85. The molecule has 64 valence electrons. The average molecular weight is 153 g/mol. The highest BCUT2D eigenvalue weighted by atomic mass is 14.8. The minimum atomic E-state index is 0.410. The van der Waals surface area contributed by atoms with Gasteiger partial charge in [-0.3, -0.25) is 0 Å². The van der Waals surface area contributed by atoms with Crippen LogP contribution >= 0.6 is 0 Å². The molecular weight excluding hydrogens is 134 g/mol. The van der Waals surface area contributed by atoms with Crippen LogP contribution in [0.3, 0.4) is 0 Å². The van der Waals surface area contributed by atoms with Gasteiger partial charge in [0.05, 0.1) is 0 Å². The monoisotopic (exact) mass is 153 g/mol. The third-order valence-corrected chi connectivity index (χ3v) is 4.38. The van der Waals surface area contributed by atoms with Gasteiger partial charge in [-0.2, -0.15) is 0 Å². The smallest absolute Gasteiger partial charge is 0.0147 e.